The zero-order valence-corrected chi connectivity index (χ0v) is 42.9. The van der Waals surface area contributed by atoms with Gasteiger partial charge in [-0.25, -0.2) is 4.98 Å². The Bertz CT molecular complexity index is 2840. The van der Waals surface area contributed by atoms with Gasteiger partial charge in [-0.3, -0.25) is 4.57 Å². The van der Waals surface area contributed by atoms with Crippen molar-refractivity contribution in [3.8, 4) is 17.1 Å². The Labute approximate surface area is 403 Å². The van der Waals surface area contributed by atoms with Crippen LogP contribution in [0.4, 0.5) is 34.1 Å². The van der Waals surface area contributed by atoms with Gasteiger partial charge in [-0.1, -0.05) is 175 Å². The lowest BCUT2D eigenvalue weighted by atomic mass is 9.86. The van der Waals surface area contributed by atoms with E-state index in [2.05, 4.69) is 278 Å². The third kappa shape index (κ3) is 9.25. The van der Waals surface area contributed by atoms with Crippen LogP contribution >= 0.6 is 15.9 Å². The van der Waals surface area contributed by atoms with Gasteiger partial charge in [-0.05, 0) is 145 Å². The number of fused-ring (bicyclic) bond motifs is 1. The Morgan fingerprint density at radius 1 is 0.455 bits per heavy atom. The number of hydrogen-bond donors (Lipinski definition) is 0. The summed E-state index contributed by atoms with van der Waals surface area (Å²) in [7, 11) is 0. The second-order valence-corrected chi connectivity index (χ2v) is 22.4. The largest absolute Gasteiger partial charge is 0.310 e. The smallest absolute Gasteiger partial charge is 0.146 e. The molecule has 338 valence electrons. The fourth-order valence-corrected chi connectivity index (χ4v) is 9.63. The third-order valence-electron chi connectivity index (χ3n) is 12.9. The first-order chi connectivity index (χ1) is 31.2. The van der Waals surface area contributed by atoms with E-state index in [9.17, 15) is 0 Å². The van der Waals surface area contributed by atoms with Crippen molar-refractivity contribution in [2.75, 3.05) is 9.80 Å². The summed E-state index contributed by atoms with van der Waals surface area (Å²) in [6.45, 7) is 29.7. The van der Waals surface area contributed by atoms with Gasteiger partial charge in [0.05, 0.1) is 32.6 Å². The summed E-state index contributed by atoms with van der Waals surface area (Å²) in [5, 5.41) is 0. The standard InChI is InChI=1S/C61H67BrN4/c1-40(2)50-25-20-26-51(41(3)4)56(50)58-63-52-37-44(61(11,12)13)31-36-53(52)66(58)55-39-49(64(45-21-16-14-17-22-45)46-23-18-15-19-24-46)38-54(57(55)62)65(47-32-27-42(28-33-47)59(5,6)7)48-34-29-43(30-35-48)60(8,9)10/h14-41H,1-13H3. The fourth-order valence-electron chi connectivity index (χ4n) is 9.05. The predicted octanol–water partition coefficient (Wildman–Crippen LogP) is 18.5. The van der Waals surface area contributed by atoms with Crippen molar-refractivity contribution >= 4 is 61.1 Å². The second kappa shape index (κ2) is 18.1. The summed E-state index contributed by atoms with van der Waals surface area (Å²) in [5.41, 5.74) is 16.9. The quantitative estimate of drug-likeness (QED) is 0.137. The summed E-state index contributed by atoms with van der Waals surface area (Å²) in [6, 6.07) is 58.1. The maximum atomic E-state index is 5.72. The highest BCUT2D eigenvalue weighted by molar-refractivity contribution is 9.10. The number of halogens is 1. The van der Waals surface area contributed by atoms with Gasteiger partial charge in [0.15, 0.2) is 0 Å². The summed E-state index contributed by atoms with van der Waals surface area (Å²) in [4.78, 5) is 10.5. The lowest BCUT2D eigenvalue weighted by Crippen LogP contribution is -2.17. The molecule has 0 saturated heterocycles. The molecular formula is C61H67BrN4. The molecule has 0 aliphatic rings. The third-order valence-corrected chi connectivity index (χ3v) is 13.7. The van der Waals surface area contributed by atoms with Gasteiger partial charge in [-0.2, -0.15) is 0 Å². The second-order valence-electron chi connectivity index (χ2n) is 21.6. The van der Waals surface area contributed by atoms with Crippen molar-refractivity contribution in [2.24, 2.45) is 0 Å². The first-order valence-corrected chi connectivity index (χ1v) is 24.4. The van der Waals surface area contributed by atoms with Crippen LogP contribution in [0.25, 0.3) is 28.1 Å². The van der Waals surface area contributed by atoms with Crippen LogP contribution in [0.5, 0.6) is 0 Å². The Balaban J connectivity index is 1.54. The highest BCUT2D eigenvalue weighted by Crippen LogP contribution is 2.49. The molecule has 0 aliphatic heterocycles. The van der Waals surface area contributed by atoms with E-state index in [1.165, 1.54) is 33.4 Å². The van der Waals surface area contributed by atoms with Crippen molar-refractivity contribution in [1.29, 1.82) is 0 Å². The Kier molecular flexibility index (Phi) is 12.8. The SMILES string of the molecule is CC(C)c1cccc(C(C)C)c1-c1nc2cc(C(C)(C)C)ccc2n1-c1cc(N(c2ccccc2)c2ccccc2)cc(N(c2ccc(C(C)(C)C)cc2)c2ccc(C(C)(C)C)cc2)c1Br. The molecule has 0 radical (unpaired) electrons. The van der Waals surface area contributed by atoms with E-state index < -0.39 is 0 Å². The first kappa shape index (κ1) is 46.6. The molecule has 8 rings (SSSR count). The molecule has 7 aromatic carbocycles. The Morgan fingerprint density at radius 2 is 0.894 bits per heavy atom. The van der Waals surface area contributed by atoms with Crippen LogP contribution < -0.4 is 9.80 Å². The fraction of sp³-hybridized carbons (Fsp3) is 0.295. The van der Waals surface area contributed by atoms with Crippen LogP contribution in [0, 0.1) is 0 Å². The van der Waals surface area contributed by atoms with Gasteiger partial charge in [0, 0.05) is 28.3 Å². The number of para-hydroxylation sites is 2. The Hall–Kier alpha value is -5.91. The molecule has 1 heterocycles. The number of nitrogens with zero attached hydrogens (tertiary/aromatic N) is 4. The highest BCUT2D eigenvalue weighted by atomic mass is 79.9. The van der Waals surface area contributed by atoms with E-state index >= 15 is 0 Å². The van der Waals surface area contributed by atoms with Gasteiger partial charge < -0.3 is 9.80 Å². The minimum Gasteiger partial charge on any atom is -0.310 e. The number of anilines is 6. The molecule has 0 N–H and O–H groups in total. The molecule has 0 saturated carbocycles. The number of hydrogen-bond acceptors (Lipinski definition) is 3. The zero-order chi connectivity index (χ0) is 47.3. The van der Waals surface area contributed by atoms with Crippen molar-refractivity contribution in [3.05, 3.63) is 190 Å². The minimum absolute atomic E-state index is 0.00407. The topological polar surface area (TPSA) is 24.3 Å². The zero-order valence-electron chi connectivity index (χ0n) is 41.3. The monoisotopic (exact) mass is 934 g/mol. The van der Waals surface area contributed by atoms with Crippen LogP contribution in [0.1, 0.15) is 130 Å². The van der Waals surface area contributed by atoms with Crippen LogP contribution in [0.3, 0.4) is 0 Å². The van der Waals surface area contributed by atoms with Crippen LogP contribution in [0.2, 0.25) is 0 Å². The summed E-state index contributed by atoms with van der Waals surface area (Å²) in [5.74, 6) is 1.49. The van der Waals surface area contributed by atoms with Gasteiger partial charge in [0.2, 0.25) is 0 Å². The van der Waals surface area contributed by atoms with Crippen molar-refractivity contribution in [1.82, 2.24) is 9.55 Å². The molecule has 0 bridgehead atoms. The van der Waals surface area contributed by atoms with E-state index in [1.54, 1.807) is 0 Å². The molecule has 0 fully saturated rings. The van der Waals surface area contributed by atoms with Crippen molar-refractivity contribution in [2.45, 2.75) is 118 Å². The van der Waals surface area contributed by atoms with Crippen LogP contribution in [-0.4, -0.2) is 9.55 Å². The van der Waals surface area contributed by atoms with Gasteiger partial charge >= 0.3 is 0 Å². The average Bonchev–Trinajstić information content (AvgIpc) is 3.66. The van der Waals surface area contributed by atoms with E-state index in [0.29, 0.717) is 0 Å². The van der Waals surface area contributed by atoms with E-state index in [0.717, 1.165) is 61.1 Å². The van der Waals surface area contributed by atoms with Gasteiger partial charge in [0.1, 0.15) is 5.82 Å². The lowest BCUT2D eigenvalue weighted by molar-refractivity contribution is 0.590. The summed E-state index contributed by atoms with van der Waals surface area (Å²) in [6.07, 6.45) is 0. The van der Waals surface area contributed by atoms with E-state index in [4.69, 9.17) is 4.98 Å². The number of benzene rings is 7. The first-order valence-electron chi connectivity index (χ1n) is 23.6. The maximum absolute atomic E-state index is 5.72. The Morgan fingerprint density at radius 3 is 1.33 bits per heavy atom. The normalized spacial score (nSPS) is 12.4. The summed E-state index contributed by atoms with van der Waals surface area (Å²) >= 11 is 4.41. The average molecular weight is 936 g/mol. The highest BCUT2D eigenvalue weighted by Gasteiger charge is 2.29. The molecule has 8 aromatic rings. The van der Waals surface area contributed by atoms with Gasteiger partial charge in [-0.15, -0.1) is 0 Å². The molecule has 1 aromatic heterocycles. The van der Waals surface area contributed by atoms with E-state index in [1.807, 2.05) is 0 Å². The predicted molar refractivity (Wildman–Crippen MR) is 288 cm³/mol. The number of imidazole rings is 1. The molecule has 5 heteroatoms. The number of aromatic nitrogens is 2. The molecule has 0 aliphatic carbocycles. The lowest BCUT2D eigenvalue weighted by Gasteiger charge is -2.32. The molecular weight excluding hydrogens is 869 g/mol. The molecule has 4 nitrogen and oxygen atoms in total. The van der Waals surface area contributed by atoms with Crippen LogP contribution in [-0.2, 0) is 16.2 Å². The molecule has 0 spiro atoms. The van der Waals surface area contributed by atoms with Crippen molar-refractivity contribution in [3.63, 3.8) is 0 Å². The maximum Gasteiger partial charge on any atom is 0.146 e. The van der Waals surface area contributed by atoms with Crippen molar-refractivity contribution < 1.29 is 0 Å². The minimum atomic E-state index is -0.0534. The molecule has 0 unspecified atom stereocenters. The van der Waals surface area contributed by atoms with E-state index in [-0.39, 0.29) is 28.1 Å². The number of rotatable bonds is 10. The van der Waals surface area contributed by atoms with Crippen LogP contribution in [0.15, 0.2) is 162 Å². The summed E-state index contributed by atoms with van der Waals surface area (Å²) < 4.78 is 3.39. The molecule has 66 heavy (non-hydrogen) atoms. The molecule has 0 amide bonds. The molecule has 0 atom stereocenters. The van der Waals surface area contributed by atoms with Gasteiger partial charge in [0.25, 0.3) is 0 Å².